The number of hydrogen-bond acceptors (Lipinski definition) is 6. The highest BCUT2D eigenvalue weighted by molar-refractivity contribution is 8.27. The van der Waals surface area contributed by atoms with Crippen LogP contribution in [0.3, 0.4) is 0 Å². The van der Waals surface area contributed by atoms with Crippen molar-refractivity contribution >= 4 is 57.6 Å². The summed E-state index contributed by atoms with van der Waals surface area (Å²) in [5.74, 6) is -0.266. The maximum atomic E-state index is 13.2. The van der Waals surface area contributed by atoms with Crippen LogP contribution in [-0.4, -0.2) is 29.3 Å². The van der Waals surface area contributed by atoms with E-state index in [4.69, 9.17) is 21.7 Å². The third-order valence-electron chi connectivity index (χ3n) is 5.94. The van der Waals surface area contributed by atoms with Crippen molar-refractivity contribution in [1.82, 2.24) is 0 Å². The Labute approximate surface area is 239 Å². The number of alkyl halides is 3. The van der Waals surface area contributed by atoms with E-state index in [0.29, 0.717) is 32.8 Å². The van der Waals surface area contributed by atoms with Gasteiger partial charge in [-0.05, 0) is 86.0 Å². The van der Waals surface area contributed by atoms with Crippen LogP contribution in [0.2, 0.25) is 0 Å². The van der Waals surface area contributed by atoms with Crippen molar-refractivity contribution in [3.05, 3.63) is 87.8 Å². The van der Waals surface area contributed by atoms with Gasteiger partial charge in [-0.1, -0.05) is 42.2 Å². The fraction of sp³-hybridized carbons (Fsp3) is 0.207. The predicted octanol–water partition coefficient (Wildman–Crippen LogP) is 7.14. The number of nitrogens with zero attached hydrogens (tertiary/aromatic N) is 1. The topological polar surface area (TPSA) is 67.9 Å². The maximum Gasteiger partial charge on any atom is 0.416 e. The normalized spacial score (nSPS) is 14.6. The van der Waals surface area contributed by atoms with Crippen molar-refractivity contribution in [1.29, 1.82) is 0 Å². The number of nitrogens with one attached hydrogen (secondary N) is 1. The average molecular weight is 587 g/mol. The summed E-state index contributed by atoms with van der Waals surface area (Å²) in [5, 5.41) is 2.40. The first-order chi connectivity index (χ1) is 19.0. The van der Waals surface area contributed by atoms with Gasteiger partial charge in [0.05, 0.1) is 22.8 Å². The van der Waals surface area contributed by atoms with Gasteiger partial charge >= 0.3 is 6.18 Å². The molecule has 3 aromatic rings. The summed E-state index contributed by atoms with van der Waals surface area (Å²) in [6, 6.07) is 15.0. The van der Waals surface area contributed by atoms with Gasteiger partial charge in [0.25, 0.3) is 11.8 Å². The lowest BCUT2D eigenvalue weighted by atomic mass is 10.1. The number of ether oxygens (including phenoxy) is 2. The highest BCUT2D eigenvalue weighted by atomic mass is 32.2. The highest BCUT2D eigenvalue weighted by Crippen LogP contribution is 2.38. The van der Waals surface area contributed by atoms with Crippen LogP contribution < -0.4 is 19.7 Å². The van der Waals surface area contributed by atoms with E-state index in [9.17, 15) is 22.8 Å². The van der Waals surface area contributed by atoms with Crippen molar-refractivity contribution in [2.75, 3.05) is 23.4 Å². The van der Waals surface area contributed by atoms with Crippen molar-refractivity contribution in [3.63, 3.8) is 0 Å². The minimum absolute atomic E-state index is 0.00177. The van der Waals surface area contributed by atoms with E-state index < -0.39 is 24.3 Å². The number of halogens is 3. The van der Waals surface area contributed by atoms with Gasteiger partial charge in [-0.3, -0.25) is 14.5 Å². The molecule has 6 nitrogen and oxygen atoms in total. The number of thiocarbonyl (C=S) groups is 1. The number of hydrogen-bond donors (Lipinski definition) is 1. The molecule has 1 saturated heterocycles. The van der Waals surface area contributed by atoms with Crippen molar-refractivity contribution in [2.45, 2.75) is 26.9 Å². The molecule has 0 aromatic heterocycles. The Balaban J connectivity index is 1.47. The standard InChI is InChI=1S/C29H25F3N2O4S2/c1-4-37-24-13-19(14-25-27(36)34(28(39)40-25)22-10-8-17(2)18(3)12-22)9-11-23(24)38-16-26(35)33-21-7-5-6-20(15-21)29(30,31)32/h5-15H,4,16H2,1-3H3,(H,33,35)/b25-14-. The van der Waals surface area contributed by atoms with Crippen LogP contribution in [0.15, 0.2) is 65.6 Å². The number of carbonyl (C=O) groups is 2. The van der Waals surface area contributed by atoms with Crippen molar-refractivity contribution in [3.8, 4) is 11.5 Å². The third kappa shape index (κ3) is 6.83. The largest absolute Gasteiger partial charge is 0.490 e. The van der Waals surface area contributed by atoms with Crippen LogP contribution in [0.4, 0.5) is 24.5 Å². The number of rotatable bonds is 8. The zero-order chi connectivity index (χ0) is 29.0. The fourth-order valence-electron chi connectivity index (χ4n) is 3.82. The van der Waals surface area contributed by atoms with E-state index >= 15 is 0 Å². The van der Waals surface area contributed by atoms with Gasteiger partial charge in [0.2, 0.25) is 0 Å². The first kappa shape index (κ1) is 29.2. The van der Waals surface area contributed by atoms with Gasteiger partial charge in [0.15, 0.2) is 22.4 Å². The second-order valence-electron chi connectivity index (χ2n) is 8.84. The Morgan fingerprint density at radius 1 is 1.02 bits per heavy atom. The quantitative estimate of drug-likeness (QED) is 0.224. The molecule has 0 saturated carbocycles. The molecule has 1 aliphatic heterocycles. The summed E-state index contributed by atoms with van der Waals surface area (Å²) >= 11 is 6.67. The average Bonchev–Trinajstić information content (AvgIpc) is 3.17. The van der Waals surface area contributed by atoms with Gasteiger partial charge in [-0.15, -0.1) is 0 Å². The molecule has 3 aromatic carbocycles. The Bertz CT molecular complexity index is 1500. The van der Waals surface area contributed by atoms with Gasteiger partial charge in [-0.2, -0.15) is 13.2 Å². The molecular weight excluding hydrogens is 561 g/mol. The Hall–Kier alpha value is -3.83. The van der Waals surface area contributed by atoms with Crippen molar-refractivity contribution in [2.24, 2.45) is 0 Å². The zero-order valence-electron chi connectivity index (χ0n) is 21.8. The van der Waals surface area contributed by atoms with E-state index in [1.54, 1.807) is 31.2 Å². The first-order valence-corrected chi connectivity index (χ1v) is 13.4. The monoisotopic (exact) mass is 586 g/mol. The molecule has 208 valence electrons. The summed E-state index contributed by atoms with van der Waals surface area (Å²) in [6.45, 7) is 5.61. The molecule has 40 heavy (non-hydrogen) atoms. The van der Waals surface area contributed by atoms with E-state index in [0.717, 1.165) is 23.3 Å². The van der Waals surface area contributed by atoms with Gasteiger partial charge < -0.3 is 14.8 Å². The molecule has 1 heterocycles. The molecule has 4 rings (SSSR count). The van der Waals surface area contributed by atoms with E-state index in [1.807, 2.05) is 32.0 Å². The predicted molar refractivity (Wildman–Crippen MR) is 155 cm³/mol. The van der Waals surface area contributed by atoms with Crippen LogP contribution in [0, 0.1) is 13.8 Å². The number of benzene rings is 3. The van der Waals surface area contributed by atoms with Crippen LogP contribution in [0.1, 0.15) is 29.2 Å². The Kier molecular flexibility index (Phi) is 8.85. The summed E-state index contributed by atoms with van der Waals surface area (Å²) < 4.78 is 50.5. The molecule has 0 unspecified atom stereocenters. The van der Waals surface area contributed by atoms with Crippen LogP contribution in [0.25, 0.3) is 6.08 Å². The number of anilines is 2. The molecule has 2 amide bonds. The zero-order valence-corrected chi connectivity index (χ0v) is 23.4. The number of carbonyl (C=O) groups excluding carboxylic acids is 2. The molecule has 0 radical (unpaired) electrons. The van der Waals surface area contributed by atoms with Gasteiger partial charge in [0.1, 0.15) is 0 Å². The Morgan fingerprint density at radius 3 is 2.50 bits per heavy atom. The maximum absolute atomic E-state index is 13.2. The summed E-state index contributed by atoms with van der Waals surface area (Å²) in [7, 11) is 0. The van der Waals surface area contributed by atoms with Crippen LogP contribution >= 0.6 is 24.0 Å². The summed E-state index contributed by atoms with van der Waals surface area (Å²) in [5.41, 5.74) is 2.66. The molecule has 0 spiro atoms. The minimum atomic E-state index is -4.52. The molecule has 0 bridgehead atoms. The van der Waals surface area contributed by atoms with Crippen LogP contribution in [-0.2, 0) is 15.8 Å². The lowest BCUT2D eigenvalue weighted by Crippen LogP contribution is -2.27. The fourth-order valence-corrected chi connectivity index (χ4v) is 5.12. The highest BCUT2D eigenvalue weighted by Gasteiger charge is 2.33. The van der Waals surface area contributed by atoms with Crippen LogP contribution in [0.5, 0.6) is 11.5 Å². The molecule has 0 atom stereocenters. The number of aryl methyl sites for hydroxylation is 2. The van der Waals surface area contributed by atoms with E-state index in [2.05, 4.69) is 5.32 Å². The summed E-state index contributed by atoms with van der Waals surface area (Å²) in [6.07, 6.45) is -2.82. The summed E-state index contributed by atoms with van der Waals surface area (Å²) in [4.78, 5) is 27.5. The minimum Gasteiger partial charge on any atom is -0.490 e. The van der Waals surface area contributed by atoms with Gasteiger partial charge in [-0.25, -0.2) is 0 Å². The Morgan fingerprint density at radius 2 is 1.80 bits per heavy atom. The molecule has 1 aliphatic rings. The SMILES string of the molecule is CCOc1cc(/C=C2\SC(=S)N(c3ccc(C)c(C)c3)C2=O)ccc1OCC(=O)Nc1cccc(C(F)(F)F)c1. The van der Waals surface area contributed by atoms with Gasteiger partial charge in [0, 0.05) is 5.69 Å². The molecular formula is C29H25F3N2O4S2. The third-order valence-corrected chi connectivity index (χ3v) is 7.24. The number of thioether (sulfide) groups is 1. The lowest BCUT2D eigenvalue weighted by Gasteiger charge is -2.16. The van der Waals surface area contributed by atoms with E-state index in [-0.39, 0.29) is 17.3 Å². The second-order valence-corrected chi connectivity index (χ2v) is 10.5. The molecule has 0 aliphatic carbocycles. The smallest absolute Gasteiger partial charge is 0.416 e. The second kappa shape index (κ2) is 12.1. The molecule has 11 heteroatoms. The number of amides is 2. The van der Waals surface area contributed by atoms with Crippen molar-refractivity contribution < 1.29 is 32.2 Å². The molecule has 1 fully saturated rings. The van der Waals surface area contributed by atoms with E-state index in [1.165, 1.54) is 28.8 Å². The lowest BCUT2D eigenvalue weighted by molar-refractivity contribution is -0.137. The molecule has 1 N–H and O–H groups in total. The first-order valence-electron chi connectivity index (χ1n) is 12.2.